The van der Waals surface area contributed by atoms with Crippen LogP contribution in [-0.4, -0.2) is 29.0 Å². The highest BCUT2D eigenvalue weighted by Crippen LogP contribution is 2.44. The Bertz CT molecular complexity index is 554. The fourth-order valence-corrected chi connectivity index (χ4v) is 3.06. The first-order chi connectivity index (χ1) is 9.25. The van der Waals surface area contributed by atoms with Gasteiger partial charge >= 0.3 is 0 Å². The summed E-state index contributed by atoms with van der Waals surface area (Å²) in [5.74, 6) is -1.12. The lowest BCUT2D eigenvalue weighted by molar-refractivity contribution is -0.140. The fraction of sp³-hybridized carbons (Fsp3) is 0.286. The number of hydrogen-bond acceptors (Lipinski definition) is 4. The third kappa shape index (κ3) is 1.39. The van der Waals surface area contributed by atoms with E-state index in [2.05, 4.69) is 5.43 Å². The summed E-state index contributed by atoms with van der Waals surface area (Å²) in [5, 5.41) is 1.14. The highest BCUT2D eigenvalue weighted by atomic mass is 16.5. The number of nitrogens with one attached hydrogen (secondary N) is 1. The molecule has 0 spiro atoms. The maximum atomic E-state index is 12.3. The Hall–Kier alpha value is -2.14. The van der Waals surface area contributed by atoms with E-state index in [4.69, 9.17) is 4.74 Å². The summed E-state index contributed by atoms with van der Waals surface area (Å²) in [4.78, 5) is 24.6. The van der Waals surface area contributed by atoms with Crippen LogP contribution in [-0.2, 0) is 14.3 Å². The number of rotatable bonds is 2. The number of carbonyl (C=O) groups is 2. The number of benzene rings is 1. The van der Waals surface area contributed by atoms with Crippen LogP contribution in [0.2, 0.25) is 0 Å². The van der Waals surface area contributed by atoms with Crippen molar-refractivity contribution in [2.24, 2.45) is 11.8 Å². The van der Waals surface area contributed by atoms with Gasteiger partial charge in [-0.05, 0) is 12.1 Å². The Morgan fingerprint density at radius 3 is 2.11 bits per heavy atom. The Labute approximate surface area is 109 Å². The van der Waals surface area contributed by atoms with Gasteiger partial charge in [-0.15, -0.1) is 0 Å². The van der Waals surface area contributed by atoms with Crippen LogP contribution in [0.3, 0.4) is 0 Å². The van der Waals surface area contributed by atoms with Gasteiger partial charge in [0.1, 0.15) is 0 Å². The molecule has 4 rings (SSSR count). The Balaban J connectivity index is 1.62. The molecule has 2 saturated heterocycles. The number of hydrazine groups is 1. The summed E-state index contributed by atoms with van der Waals surface area (Å²) in [5.41, 5.74) is 3.62. The van der Waals surface area contributed by atoms with Crippen LogP contribution in [0.25, 0.3) is 0 Å². The largest absolute Gasteiger partial charge is 0.365 e. The van der Waals surface area contributed by atoms with Gasteiger partial charge in [0.2, 0.25) is 0 Å². The quantitative estimate of drug-likeness (QED) is 0.632. The molecule has 0 aromatic heterocycles. The molecule has 0 unspecified atom stereocenters. The molecule has 1 aromatic rings. The summed E-state index contributed by atoms with van der Waals surface area (Å²) in [6.07, 6.45) is 3.27. The summed E-state index contributed by atoms with van der Waals surface area (Å²) in [6, 6.07) is 9.21. The van der Waals surface area contributed by atoms with Gasteiger partial charge in [0, 0.05) is 0 Å². The average molecular weight is 256 g/mol. The van der Waals surface area contributed by atoms with E-state index in [0.717, 1.165) is 10.7 Å². The van der Waals surface area contributed by atoms with Crippen LogP contribution in [0.15, 0.2) is 42.5 Å². The van der Waals surface area contributed by atoms with Gasteiger partial charge in [-0.25, -0.2) is 0 Å². The summed E-state index contributed by atoms with van der Waals surface area (Å²) in [6.45, 7) is 0. The van der Waals surface area contributed by atoms with Gasteiger partial charge in [-0.3, -0.25) is 15.0 Å². The van der Waals surface area contributed by atoms with Crippen LogP contribution >= 0.6 is 0 Å². The van der Waals surface area contributed by atoms with Gasteiger partial charge in [0.25, 0.3) is 11.8 Å². The Kier molecular flexibility index (Phi) is 2.08. The summed E-state index contributed by atoms with van der Waals surface area (Å²) >= 11 is 0. The van der Waals surface area contributed by atoms with Crippen molar-refractivity contribution in [2.45, 2.75) is 12.2 Å². The number of fused-ring (bicyclic) bond motifs is 5. The van der Waals surface area contributed by atoms with E-state index in [9.17, 15) is 9.59 Å². The van der Waals surface area contributed by atoms with E-state index in [1.54, 1.807) is 0 Å². The zero-order valence-electron chi connectivity index (χ0n) is 10.0. The fourth-order valence-electron chi connectivity index (χ4n) is 3.06. The molecule has 0 radical (unpaired) electrons. The monoisotopic (exact) mass is 256 g/mol. The predicted octanol–water partition coefficient (Wildman–Crippen LogP) is 0.952. The second-order valence-corrected chi connectivity index (χ2v) is 4.99. The van der Waals surface area contributed by atoms with Crippen LogP contribution in [0.5, 0.6) is 0 Å². The van der Waals surface area contributed by atoms with Crippen LogP contribution in [0.1, 0.15) is 0 Å². The molecule has 3 heterocycles. The van der Waals surface area contributed by atoms with Crippen LogP contribution < -0.4 is 5.43 Å². The van der Waals surface area contributed by atoms with Crippen molar-refractivity contribution < 1.29 is 14.3 Å². The lowest BCUT2D eigenvalue weighted by atomic mass is 9.85. The number of hydrogen-bond donors (Lipinski definition) is 1. The first-order valence-corrected chi connectivity index (χ1v) is 6.29. The van der Waals surface area contributed by atoms with Crippen molar-refractivity contribution in [3.05, 3.63) is 42.5 Å². The van der Waals surface area contributed by atoms with Crippen molar-refractivity contribution in [3.8, 4) is 0 Å². The minimum absolute atomic E-state index is 0.198. The zero-order valence-corrected chi connectivity index (χ0v) is 10.0. The molecule has 2 fully saturated rings. The molecule has 2 amide bonds. The maximum absolute atomic E-state index is 12.3. The van der Waals surface area contributed by atoms with E-state index in [1.807, 2.05) is 42.5 Å². The SMILES string of the molecule is O=C1[C@@H]2[C@@H](C(=O)N1Nc1ccccc1)[C@H]1C=C[C@@H]2O1. The Morgan fingerprint density at radius 2 is 1.53 bits per heavy atom. The Morgan fingerprint density at radius 1 is 0.947 bits per heavy atom. The normalized spacial score (nSPS) is 35.1. The molecule has 19 heavy (non-hydrogen) atoms. The van der Waals surface area contributed by atoms with Gasteiger partial charge < -0.3 is 4.74 Å². The summed E-state index contributed by atoms with van der Waals surface area (Å²) < 4.78 is 5.57. The molecule has 2 bridgehead atoms. The van der Waals surface area contributed by atoms with E-state index in [-0.39, 0.29) is 35.9 Å². The number of para-hydroxylation sites is 1. The van der Waals surface area contributed by atoms with Gasteiger partial charge in [0.05, 0.1) is 29.7 Å². The third-order valence-corrected chi connectivity index (χ3v) is 3.93. The van der Waals surface area contributed by atoms with Gasteiger partial charge in [-0.2, -0.15) is 5.01 Å². The molecule has 5 heteroatoms. The first kappa shape index (κ1) is 10.8. The number of ether oxygens (including phenoxy) is 1. The average Bonchev–Trinajstić information content (AvgIpc) is 3.10. The van der Waals surface area contributed by atoms with Crippen LogP contribution in [0.4, 0.5) is 5.69 Å². The van der Waals surface area contributed by atoms with Crippen molar-refractivity contribution in [1.29, 1.82) is 0 Å². The number of carbonyl (C=O) groups excluding carboxylic acids is 2. The molecule has 0 saturated carbocycles. The molecule has 1 aromatic carbocycles. The number of amides is 2. The van der Waals surface area contributed by atoms with E-state index >= 15 is 0 Å². The smallest absolute Gasteiger partial charge is 0.255 e. The number of imide groups is 1. The molecule has 96 valence electrons. The van der Waals surface area contributed by atoms with E-state index < -0.39 is 0 Å². The highest BCUT2D eigenvalue weighted by molar-refractivity contribution is 6.07. The topological polar surface area (TPSA) is 58.6 Å². The molecular weight excluding hydrogens is 244 g/mol. The molecule has 0 aliphatic carbocycles. The van der Waals surface area contributed by atoms with Gasteiger partial charge in [-0.1, -0.05) is 30.4 Å². The standard InChI is InChI=1S/C14H12N2O3/c17-13-11-9-6-7-10(19-9)12(11)14(18)16(13)15-8-4-2-1-3-5-8/h1-7,9-12,15H/t9-,10+,11-,12-/m0/s1. The van der Waals surface area contributed by atoms with Crippen molar-refractivity contribution in [2.75, 3.05) is 5.43 Å². The van der Waals surface area contributed by atoms with Crippen molar-refractivity contribution in [3.63, 3.8) is 0 Å². The van der Waals surface area contributed by atoms with Gasteiger partial charge in [0.15, 0.2) is 0 Å². The first-order valence-electron chi connectivity index (χ1n) is 6.29. The van der Waals surface area contributed by atoms with Crippen molar-refractivity contribution >= 4 is 17.5 Å². The lowest BCUT2D eigenvalue weighted by Gasteiger charge is -2.19. The number of anilines is 1. The second kappa shape index (κ2) is 3.68. The zero-order chi connectivity index (χ0) is 13.0. The molecule has 3 aliphatic rings. The molecule has 5 nitrogen and oxygen atoms in total. The molecule has 1 N–H and O–H groups in total. The van der Waals surface area contributed by atoms with Crippen LogP contribution in [0, 0.1) is 11.8 Å². The second-order valence-electron chi connectivity index (χ2n) is 4.99. The highest BCUT2D eigenvalue weighted by Gasteiger charge is 2.61. The third-order valence-electron chi connectivity index (χ3n) is 3.93. The van der Waals surface area contributed by atoms with E-state index in [0.29, 0.717) is 0 Å². The maximum Gasteiger partial charge on any atom is 0.255 e. The molecule has 3 aliphatic heterocycles. The lowest BCUT2D eigenvalue weighted by Crippen LogP contribution is -2.38. The summed E-state index contributed by atoms with van der Waals surface area (Å²) in [7, 11) is 0. The number of nitrogens with zero attached hydrogens (tertiary/aromatic N) is 1. The minimum atomic E-state index is -0.362. The molecule has 4 atom stereocenters. The minimum Gasteiger partial charge on any atom is -0.365 e. The molecular formula is C14H12N2O3. The van der Waals surface area contributed by atoms with Crippen molar-refractivity contribution in [1.82, 2.24) is 5.01 Å². The van der Waals surface area contributed by atoms with E-state index in [1.165, 1.54) is 0 Å². The predicted molar refractivity (Wildman–Crippen MR) is 66.7 cm³/mol.